The van der Waals surface area contributed by atoms with Gasteiger partial charge in [0.1, 0.15) is 5.60 Å². The van der Waals surface area contributed by atoms with E-state index in [1.807, 2.05) is 26.8 Å². The van der Waals surface area contributed by atoms with E-state index in [1.54, 1.807) is 0 Å². The topological polar surface area (TPSA) is 84.9 Å². The van der Waals surface area contributed by atoms with Gasteiger partial charge in [-0.3, -0.25) is 14.4 Å². The van der Waals surface area contributed by atoms with Gasteiger partial charge in [0.15, 0.2) is 11.5 Å². The molecule has 3 aliphatic carbocycles. The summed E-state index contributed by atoms with van der Waals surface area (Å²) in [5.41, 5.74) is 0.497. The molecule has 1 saturated heterocycles. The quantitative estimate of drug-likeness (QED) is 0.338. The highest BCUT2D eigenvalue weighted by molar-refractivity contribution is 6.30. The van der Waals surface area contributed by atoms with Gasteiger partial charge in [-0.1, -0.05) is 31.9 Å². The fourth-order valence-electron chi connectivity index (χ4n) is 8.37. The normalized spacial score (nSPS) is 31.6. The van der Waals surface area contributed by atoms with Crippen molar-refractivity contribution in [3.05, 3.63) is 35.0 Å². The maximum absolute atomic E-state index is 13.6. The number of amides is 1. The molecule has 11 heteroatoms. The molecule has 0 aromatic heterocycles. The number of ether oxygens (including phenoxy) is 2. The molecule has 1 aromatic carbocycles. The predicted molar refractivity (Wildman–Crippen MR) is 162 cm³/mol. The first-order chi connectivity index (χ1) is 20.4. The lowest BCUT2D eigenvalue weighted by Crippen LogP contribution is -2.60. The molecule has 0 radical (unpaired) electrons. The Morgan fingerprint density at radius 2 is 1.82 bits per heavy atom. The van der Waals surface area contributed by atoms with Crippen LogP contribution in [0, 0.1) is 34.5 Å². The van der Waals surface area contributed by atoms with Gasteiger partial charge in [0.2, 0.25) is 5.91 Å². The van der Waals surface area contributed by atoms with Crippen molar-refractivity contribution in [2.75, 3.05) is 18.9 Å². The number of ketones is 1. The fraction of sp³-hybridized carbons (Fsp3) is 0.667. The van der Waals surface area contributed by atoms with E-state index in [1.165, 1.54) is 12.1 Å². The van der Waals surface area contributed by atoms with Crippen molar-refractivity contribution in [3.63, 3.8) is 0 Å². The van der Waals surface area contributed by atoms with E-state index in [4.69, 9.17) is 11.6 Å². The Morgan fingerprint density at radius 3 is 2.43 bits per heavy atom. The number of anilines is 1. The summed E-state index contributed by atoms with van der Waals surface area (Å²) in [6.45, 7) is 11.3. The molecule has 44 heavy (non-hydrogen) atoms. The molecule has 1 N–H and O–H groups in total. The molecule has 2 saturated carbocycles. The van der Waals surface area contributed by atoms with Crippen molar-refractivity contribution in [1.29, 1.82) is 0 Å². The van der Waals surface area contributed by atoms with Gasteiger partial charge in [-0.2, -0.15) is 0 Å². The molecule has 1 amide bonds. The minimum atomic E-state index is -4.90. The van der Waals surface area contributed by atoms with Crippen LogP contribution in [0.15, 0.2) is 30.0 Å². The van der Waals surface area contributed by atoms with E-state index in [0.29, 0.717) is 37.1 Å². The lowest BCUT2D eigenvalue weighted by molar-refractivity contribution is -0.274. The molecule has 0 spiro atoms. The number of carbonyl (C=O) groups is 3. The molecule has 7 nitrogen and oxygen atoms in total. The number of likely N-dealkylation sites (tertiary alicyclic amines) is 1. The van der Waals surface area contributed by atoms with Crippen LogP contribution in [0.2, 0.25) is 5.02 Å². The van der Waals surface area contributed by atoms with Crippen LogP contribution >= 0.6 is 11.6 Å². The molecule has 5 rings (SSSR count). The number of rotatable bonds is 4. The molecule has 4 aliphatic rings. The van der Waals surface area contributed by atoms with Crippen LogP contribution in [0.4, 0.5) is 18.9 Å². The number of hydrogen-bond donors (Lipinski definition) is 1. The average Bonchev–Trinajstić information content (AvgIpc) is 2.89. The number of allylic oxidation sites excluding steroid dienone is 2. The van der Waals surface area contributed by atoms with Gasteiger partial charge in [-0.25, -0.2) is 0 Å². The van der Waals surface area contributed by atoms with E-state index in [-0.39, 0.29) is 44.7 Å². The molecule has 3 fully saturated rings. The summed E-state index contributed by atoms with van der Waals surface area (Å²) < 4.78 is 47.6. The Labute approximate surface area is 262 Å². The van der Waals surface area contributed by atoms with Gasteiger partial charge in [0, 0.05) is 54.2 Å². The minimum absolute atomic E-state index is 0.0299. The van der Waals surface area contributed by atoms with Gasteiger partial charge >= 0.3 is 6.36 Å². The SMILES string of the molecule is CC(C)(C)OC=O.CN1CC2C(CCC3(C)C(C(=O)Nc4ccc(Cl)cc4OC(F)(F)F)CCCC23)C2(C)CCC(=O)C=C12. The Hall–Kier alpha value is -2.75. The maximum Gasteiger partial charge on any atom is 0.573 e. The van der Waals surface area contributed by atoms with Crippen LogP contribution in [-0.2, 0) is 19.1 Å². The van der Waals surface area contributed by atoms with Crippen molar-refractivity contribution in [3.8, 4) is 5.75 Å². The van der Waals surface area contributed by atoms with E-state index in [2.05, 4.69) is 40.6 Å². The number of nitrogens with one attached hydrogen (secondary N) is 1. The van der Waals surface area contributed by atoms with Crippen LogP contribution in [-0.4, -0.2) is 48.6 Å². The highest BCUT2D eigenvalue weighted by Gasteiger charge is 2.59. The lowest BCUT2D eigenvalue weighted by atomic mass is 9.45. The van der Waals surface area contributed by atoms with Crippen LogP contribution < -0.4 is 10.1 Å². The third kappa shape index (κ3) is 7.21. The summed E-state index contributed by atoms with van der Waals surface area (Å²) in [5, 5.41) is 2.84. The first kappa shape index (κ1) is 34.1. The Kier molecular flexibility index (Phi) is 9.75. The van der Waals surface area contributed by atoms with Gasteiger partial charge in [0.25, 0.3) is 6.47 Å². The van der Waals surface area contributed by atoms with Gasteiger partial charge in [-0.05, 0) is 88.2 Å². The van der Waals surface area contributed by atoms with Crippen LogP contribution in [0.3, 0.4) is 0 Å². The van der Waals surface area contributed by atoms with Crippen molar-refractivity contribution >= 4 is 35.5 Å². The third-order valence-electron chi connectivity index (χ3n) is 10.3. The summed E-state index contributed by atoms with van der Waals surface area (Å²) in [5.74, 6) is 0.279. The zero-order valence-corrected chi connectivity index (χ0v) is 27.1. The number of hydrogen-bond acceptors (Lipinski definition) is 6. The number of alkyl halides is 3. The first-order valence-corrected chi connectivity index (χ1v) is 15.7. The van der Waals surface area contributed by atoms with Gasteiger partial charge in [-0.15, -0.1) is 13.2 Å². The summed E-state index contributed by atoms with van der Waals surface area (Å²) in [7, 11) is 2.07. The molecule has 1 aromatic rings. The van der Waals surface area contributed by atoms with Crippen LogP contribution in [0.25, 0.3) is 0 Å². The predicted octanol–water partition coefficient (Wildman–Crippen LogP) is 7.78. The highest BCUT2D eigenvalue weighted by atomic mass is 35.5. The zero-order chi connectivity index (χ0) is 32.7. The fourth-order valence-corrected chi connectivity index (χ4v) is 8.53. The first-order valence-electron chi connectivity index (χ1n) is 15.3. The van der Waals surface area contributed by atoms with Crippen LogP contribution in [0.5, 0.6) is 5.75 Å². The van der Waals surface area contributed by atoms with E-state index < -0.39 is 12.1 Å². The van der Waals surface area contributed by atoms with Gasteiger partial charge in [0.05, 0.1) is 5.69 Å². The Bertz CT molecular complexity index is 1290. The van der Waals surface area contributed by atoms with E-state index in [9.17, 15) is 27.6 Å². The lowest BCUT2D eigenvalue weighted by Gasteiger charge is -2.63. The third-order valence-corrected chi connectivity index (χ3v) is 10.5. The molecular weight excluding hydrogens is 597 g/mol. The molecule has 1 heterocycles. The Balaban J connectivity index is 0.000000566. The minimum Gasteiger partial charge on any atom is -0.462 e. The summed E-state index contributed by atoms with van der Waals surface area (Å²) in [4.78, 5) is 37.7. The van der Waals surface area contributed by atoms with Crippen molar-refractivity contribution < 1.29 is 37.0 Å². The molecule has 244 valence electrons. The number of benzene rings is 1. The number of piperidine rings is 1. The highest BCUT2D eigenvalue weighted by Crippen LogP contribution is 2.64. The standard InChI is InChI=1S/C28H34ClF3N2O3.C5H10O2/c1-26-12-10-20-18(15-34(3)24-14-17(35)9-11-27(20,24)2)19(26)5-4-6-21(26)25(36)33-22-8-7-16(29)13-23(22)37-28(30,31)32;1-5(2,3)7-4-6/h7-8,13-14,18-21H,4-6,9-12,15H2,1-3H3,(H,33,36);4H,1-3H3. The van der Waals surface area contributed by atoms with E-state index in [0.717, 1.165) is 50.4 Å². The molecule has 6 atom stereocenters. The monoisotopic (exact) mass is 640 g/mol. The summed E-state index contributed by atoms with van der Waals surface area (Å²) >= 11 is 5.90. The second-order valence-electron chi connectivity index (χ2n) is 14.2. The molecule has 0 bridgehead atoms. The average molecular weight is 641 g/mol. The number of halogens is 4. The second-order valence-corrected chi connectivity index (χ2v) is 14.6. The number of fused-ring (bicyclic) bond motifs is 5. The van der Waals surface area contributed by atoms with Crippen molar-refractivity contribution in [1.82, 2.24) is 4.90 Å². The molecular formula is C33H44ClF3N2O5. The van der Waals surface area contributed by atoms with Crippen LogP contribution in [0.1, 0.15) is 79.6 Å². The molecule has 6 unspecified atom stereocenters. The number of nitrogens with zero attached hydrogens (tertiary/aromatic N) is 1. The summed E-state index contributed by atoms with van der Waals surface area (Å²) in [6.07, 6.45) is 2.86. The smallest absolute Gasteiger partial charge is 0.462 e. The van der Waals surface area contributed by atoms with Crippen molar-refractivity contribution in [2.24, 2.45) is 34.5 Å². The molecule has 1 aliphatic heterocycles. The zero-order valence-electron chi connectivity index (χ0n) is 26.4. The van der Waals surface area contributed by atoms with E-state index >= 15 is 0 Å². The summed E-state index contributed by atoms with van der Waals surface area (Å²) in [6, 6.07) is 3.87. The number of carbonyl (C=O) groups excluding carboxylic acids is 3. The van der Waals surface area contributed by atoms with Crippen molar-refractivity contribution in [2.45, 2.75) is 91.5 Å². The largest absolute Gasteiger partial charge is 0.573 e. The second kappa shape index (κ2) is 12.6. The van der Waals surface area contributed by atoms with Gasteiger partial charge < -0.3 is 19.7 Å². The Morgan fingerprint density at radius 1 is 1.11 bits per heavy atom. The maximum atomic E-state index is 13.6.